The first kappa shape index (κ1) is 12.9. The minimum Gasteiger partial charge on any atom is -0.369 e. The minimum absolute atomic E-state index is 0.00842. The fourth-order valence-electron chi connectivity index (χ4n) is 0.995. The molecule has 2 amide bonds. The number of nitrogens with zero attached hydrogens (tertiary/aromatic N) is 2. The number of ether oxygens (including phenoxy) is 1. The van der Waals surface area contributed by atoms with E-state index in [0.717, 1.165) is 0 Å². The van der Waals surface area contributed by atoms with Crippen molar-refractivity contribution >= 4 is 17.7 Å². The number of aromatic nitrogens is 1. The number of amides is 2. The average Bonchev–Trinajstić information content (AvgIpc) is 2.29. The zero-order valence-corrected chi connectivity index (χ0v) is 9.68. The summed E-state index contributed by atoms with van der Waals surface area (Å²) in [5.74, 6) is -0.00842. The Hall–Kier alpha value is -2.15. The molecule has 0 fully saturated rings. The number of methoxy groups -OCH3 is 1. The smallest absolute Gasteiger partial charge is 0.325 e. The molecule has 0 aliphatic carbocycles. The highest BCUT2D eigenvalue weighted by Gasteiger charge is 2.04. The summed E-state index contributed by atoms with van der Waals surface area (Å²) in [7, 11) is 1.50. The molecule has 0 aliphatic heterocycles. The van der Waals surface area contributed by atoms with Crippen LogP contribution in [0.25, 0.3) is 0 Å². The van der Waals surface area contributed by atoms with Gasteiger partial charge in [0.2, 0.25) is 0 Å². The Morgan fingerprint density at radius 2 is 2.18 bits per heavy atom. The van der Waals surface area contributed by atoms with Crippen LogP contribution in [0.4, 0.5) is 10.5 Å². The van der Waals surface area contributed by atoms with Crippen LogP contribution in [0.2, 0.25) is 0 Å². The number of urea groups is 1. The van der Waals surface area contributed by atoms with E-state index in [4.69, 9.17) is 10.5 Å². The molecule has 7 heteroatoms. The summed E-state index contributed by atoms with van der Waals surface area (Å²) in [6, 6.07) is 2.84. The van der Waals surface area contributed by atoms with Gasteiger partial charge in [0.1, 0.15) is 6.23 Å². The van der Waals surface area contributed by atoms with Gasteiger partial charge < -0.3 is 15.8 Å². The van der Waals surface area contributed by atoms with Crippen molar-refractivity contribution in [2.24, 2.45) is 10.7 Å². The van der Waals surface area contributed by atoms with Gasteiger partial charge in [-0.05, 0) is 19.1 Å². The quantitative estimate of drug-likeness (QED) is 0.526. The minimum atomic E-state index is -0.472. The fourth-order valence-corrected chi connectivity index (χ4v) is 0.995. The molecule has 0 bridgehead atoms. The van der Waals surface area contributed by atoms with Gasteiger partial charge in [-0.1, -0.05) is 0 Å². The Bertz CT molecular complexity index is 393. The van der Waals surface area contributed by atoms with Gasteiger partial charge in [0.05, 0.1) is 0 Å². The number of hydrogen-bond acceptors (Lipinski definition) is 4. The summed E-state index contributed by atoms with van der Waals surface area (Å²) < 4.78 is 4.87. The second kappa shape index (κ2) is 6.44. The second-order valence-electron chi connectivity index (χ2n) is 3.16. The average molecular weight is 237 g/mol. The molecule has 4 N–H and O–H groups in total. The molecule has 0 saturated heterocycles. The standard InChI is InChI=1S/C10H15N5O2/c1-7(17-2)13-9(11)15-10(16)14-8-3-5-12-6-4-8/h3-7H,1-2H3,(H4,11,12,13,14,15,16). The lowest BCUT2D eigenvalue weighted by molar-refractivity contribution is 0.126. The molecule has 0 spiro atoms. The van der Waals surface area contributed by atoms with Crippen LogP contribution in [0.15, 0.2) is 29.5 Å². The van der Waals surface area contributed by atoms with Crippen molar-refractivity contribution in [3.63, 3.8) is 0 Å². The summed E-state index contributed by atoms with van der Waals surface area (Å²) in [4.78, 5) is 19.1. The van der Waals surface area contributed by atoms with E-state index >= 15 is 0 Å². The van der Waals surface area contributed by atoms with Crippen molar-refractivity contribution in [1.29, 1.82) is 0 Å². The van der Waals surface area contributed by atoms with Crippen molar-refractivity contribution < 1.29 is 9.53 Å². The molecule has 0 aliphatic rings. The van der Waals surface area contributed by atoms with Crippen LogP contribution in [0.1, 0.15) is 6.92 Å². The number of carbonyl (C=O) groups is 1. The molecule has 92 valence electrons. The van der Waals surface area contributed by atoms with Crippen LogP contribution in [-0.4, -0.2) is 30.3 Å². The summed E-state index contributed by atoms with van der Waals surface area (Å²) >= 11 is 0. The lowest BCUT2D eigenvalue weighted by atomic mass is 10.4. The van der Waals surface area contributed by atoms with Crippen molar-refractivity contribution in [3.05, 3.63) is 24.5 Å². The van der Waals surface area contributed by atoms with Crippen molar-refractivity contribution in [3.8, 4) is 0 Å². The van der Waals surface area contributed by atoms with Crippen molar-refractivity contribution in [2.45, 2.75) is 13.2 Å². The molecule has 0 saturated carbocycles. The maximum atomic E-state index is 11.4. The second-order valence-corrected chi connectivity index (χ2v) is 3.16. The Morgan fingerprint density at radius 3 is 2.76 bits per heavy atom. The van der Waals surface area contributed by atoms with Crippen LogP contribution in [-0.2, 0) is 4.74 Å². The summed E-state index contributed by atoms with van der Waals surface area (Å²) in [5.41, 5.74) is 6.11. The first-order valence-electron chi connectivity index (χ1n) is 4.96. The molecule has 1 unspecified atom stereocenters. The van der Waals surface area contributed by atoms with Crippen LogP contribution in [0, 0.1) is 0 Å². The fraction of sp³-hybridized carbons (Fsp3) is 0.300. The van der Waals surface area contributed by atoms with E-state index in [1.165, 1.54) is 7.11 Å². The number of aliphatic imine (C=N–C) groups is 1. The van der Waals surface area contributed by atoms with Crippen LogP contribution < -0.4 is 16.4 Å². The van der Waals surface area contributed by atoms with Crippen LogP contribution in [0.3, 0.4) is 0 Å². The Kier molecular flexibility index (Phi) is 4.89. The third kappa shape index (κ3) is 4.94. The van der Waals surface area contributed by atoms with Gasteiger partial charge in [-0.15, -0.1) is 0 Å². The van der Waals surface area contributed by atoms with Gasteiger partial charge in [0.15, 0.2) is 5.96 Å². The normalized spacial score (nSPS) is 12.9. The molecule has 1 aromatic rings. The summed E-state index contributed by atoms with van der Waals surface area (Å²) in [6.45, 7) is 1.70. The van der Waals surface area contributed by atoms with Gasteiger partial charge in [-0.25, -0.2) is 9.79 Å². The van der Waals surface area contributed by atoms with E-state index in [2.05, 4.69) is 20.6 Å². The van der Waals surface area contributed by atoms with E-state index in [0.29, 0.717) is 5.69 Å². The zero-order chi connectivity index (χ0) is 12.7. The van der Waals surface area contributed by atoms with E-state index < -0.39 is 12.3 Å². The highest BCUT2D eigenvalue weighted by Crippen LogP contribution is 2.02. The maximum absolute atomic E-state index is 11.4. The number of anilines is 1. The summed E-state index contributed by atoms with van der Waals surface area (Å²) in [6.07, 6.45) is 2.73. The molecule has 1 heterocycles. The predicted octanol–water partition coefficient (Wildman–Crippen LogP) is 0.510. The lowest BCUT2D eigenvalue weighted by Crippen LogP contribution is -2.40. The van der Waals surface area contributed by atoms with Gasteiger partial charge in [0, 0.05) is 25.2 Å². The zero-order valence-electron chi connectivity index (χ0n) is 9.68. The highest BCUT2D eigenvalue weighted by atomic mass is 16.5. The van der Waals surface area contributed by atoms with E-state index in [1.807, 2.05) is 0 Å². The molecule has 1 atom stereocenters. The number of rotatable bonds is 3. The molecule has 1 rings (SSSR count). The Balaban J connectivity index is 2.48. The SMILES string of the molecule is COC(C)/N=C(\N)NC(=O)Nc1ccncc1. The highest BCUT2D eigenvalue weighted by molar-refractivity contribution is 6.01. The Morgan fingerprint density at radius 1 is 1.53 bits per heavy atom. The molecular formula is C10H15N5O2. The molecule has 7 nitrogen and oxygen atoms in total. The first-order chi connectivity index (χ1) is 8.11. The molecule has 17 heavy (non-hydrogen) atoms. The first-order valence-corrected chi connectivity index (χ1v) is 4.96. The molecule has 1 aromatic heterocycles. The van der Waals surface area contributed by atoms with Crippen LogP contribution in [0.5, 0.6) is 0 Å². The number of pyridine rings is 1. The third-order valence-electron chi connectivity index (χ3n) is 1.84. The number of guanidine groups is 1. The topological polar surface area (TPSA) is 102 Å². The van der Waals surface area contributed by atoms with Crippen molar-refractivity contribution in [1.82, 2.24) is 10.3 Å². The van der Waals surface area contributed by atoms with E-state index in [9.17, 15) is 4.79 Å². The van der Waals surface area contributed by atoms with E-state index in [1.54, 1.807) is 31.5 Å². The number of hydrogen-bond donors (Lipinski definition) is 3. The van der Waals surface area contributed by atoms with Gasteiger partial charge >= 0.3 is 6.03 Å². The monoisotopic (exact) mass is 237 g/mol. The number of carbonyl (C=O) groups excluding carboxylic acids is 1. The van der Waals surface area contributed by atoms with E-state index in [-0.39, 0.29) is 5.96 Å². The van der Waals surface area contributed by atoms with Gasteiger partial charge in [-0.2, -0.15) is 0 Å². The number of nitrogens with one attached hydrogen (secondary N) is 2. The van der Waals surface area contributed by atoms with Gasteiger partial charge in [0.25, 0.3) is 0 Å². The molecule has 0 radical (unpaired) electrons. The lowest BCUT2D eigenvalue weighted by Gasteiger charge is -2.08. The Labute approximate surface area is 99.1 Å². The molecular weight excluding hydrogens is 222 g/mol. The summed E-state index contributed by atoms with van der Waals surface area (Å²) in [5, 5.41) is 4.94. The maximum Gasteiger partial charge on any atom is 0.325 e. The third-order valence-corrected chi connectivity index (χ3v) is 1.84. The number of nitrogens with two attached hydrogens (primary N) is 1. The van der Waals surface area contributed by atoms with Crippen molar-refractivity contribution in [2.75, 3.05) is 12.4 Å². The molecule has 0 aromatic carbocycles. The predicted molar refractivity (Wildman–Crippen MR) is 64.5 cm³/mol. The van der Waals surface area contributed by atoms with Gasteiger partial charge in [-0.3, -0.25) is 10.3 Å². The largest absolute Gasteiger partial charge is 0.369 e. The van der Waals surface area contributed by atoms with Crippen LogP contribution >= 0.6 is 0 Å².